The van der Waals surface area contributed by atoms with Crippen molar-refractivity contribution in [2.75, 3.05) is 25.5 Å². The third-order valence-electron chi connectivity index (χ3n) is 4.16. The lowest BCUT2D eigenvalue weighted by Gasteiger charge is -2.32. The van der Waals surface area contributed by atoms with Crippen molar-refractivity contribution in [2.24, 2.45) is 0 Å². The molecule has 0 saturated carbocycles. The molecule has 22 heavy (non-hydrogen) atoms. The molecule has 1 aliphatic rings. The van der Waals surface area contributed by atoms with Gasteiger partial charge in [-0.25, -0.2) is 0 Å². The Morgan fingerprint density at radius 3 is 2.82 bits per heavy atom. The van der Waals surface area contributed by atoms with Crippen LogP contribution >= 0.6 is 0 Å². The molecule has 1 fully saturated rings. The topological polar surface area (TPSA) is 37.4 Å². The van der Waals surface area contributed by atoms with Crippen molar-refractivity contribution in [3.8, 4) is 5.75 Å². The fourth-order valence-corrected chi connectivity index (χ4v) is 2.93. The van der Waals surface area contributed by atoms with E-state index in [1.165, 1.54) is 5.56 Å². The Bertz CT molecular complexity index is 580. The molecule has 1 saturated heterocycles. The lowest BCUT2D eigenvalue weighted by atomic mass is 10.0. The third-order valence-corrected chi connectivity index (χ3v) is 4.16. The first-order valence-corrected chi connectivity index (χ1v) is 7.85. The third kappa shape index (κ3) is 3.98. The Balaban J connectivity index is 1.49. The minimum Gasteiger partial charge on any atom is -0.497 e. The standard InChI is InChI=1S/C18H23N3O/c1-22-18-6-2-5-17(12-18)20-16-7-10-21(11-8-16)14-15-4-3-9-19-13-15/h2-6,9,12-13,16,20H,7-8,10-11,14H2,1H3. The molecule has 1 aliphatic heterocycles. The van der Waals surface area contributed by atoms with Crippen LogP contribution in [-0.2, 0) is 6.54 Å². The second-order valence-electron chi connectivity index (χ2n) is 5.79. The number of rotatable bonds is 5. The molecule has 1 N–H and O–H groups in total. The van der Waals surface area contributed by atoms with Gasteiger partial charge >= 0.3 is 0 Å². The van der Waals surface area contributed by atoms with E-state index in [1.54, 1.807) is 7.11 Å². The van der Waals surface area contributed by atoms with Crippen LogP contribution in [0.3, 0.4) is 0 Å². The number of aromatic nitrogens is 1. The summed E-state index contributed by atoms with van der Waals surface area (Å²) in [6, 6.07) is 12.9. The SMILES string of the molecule is COc1cccc(NC2CCN(Cc3cccnc3)CC2)c1. The van der Waals surface area contributed by atoms with Crippen LogP contribution in [0.4, 0.5) is 5.69 Å². The highest BCUT2D eigenvalue weighted by Crippen LogP contribution is 2.21. The summed E-state index contributed by atoms with van der Waals surface area (Å²) in [5.74, 6) is 0.902. The summed E-state index contributed by atoms with van der Waals surface area (Å²) in [5, 5.41) is 3.62. The summed E-state index contributed by atoms with van der Waals surface area (Å²) < 4.78 is 5.27. The van der Waals surface area contributed by atoms with Crippen LogP contribution in [0.25, 0.3) is 0 Å². The number of pyridine rings is 1. The molecule has 2 heterocycles. The smallest absolute Gasteiger partial charge is 0.120 e. The van der Waals surface area contributed by atoms with Gasteiger partial charge in [0.2, 0.25) is 0 Å². The number of ether oxygens (including phenoxy) is 1. The maximum atomic E-state index is 5.27. The number of methoxy groups -OCH3 is 1. The summed E-state index contributed by atoms with van der Waals surface area (Å²) in [5.41, 5.74) is 2.44. The van der Waals surface area contributed by atoms with Crippen molar-refractivity contribution >= 4 is 5.69 Å². The van der Waals surface area contributed by atoms with Gasteiger partial charge in [-0.15, -0.1) is 0 Å². The van der Waals surface area contributed by atoms with Crippen LogP contribution < -0.4 is 10.1 Å². The van der Waals surface area contributed by atoms with Gasteiger partial charge in [-0.2, -0.15) is 0 Å². The van der Waals surface area contributed by atoms with Gasteiger partial charge in [0, 0.05) is 49.8 Å². The highest BCUT2D eigenvalue weighted by molar-refractivity contribution is 5.48. The first-order valence-electron chi connectivity index (χ1n) is 7.85. The predicted molar refractivity (Wildman–Crippen MR) is 89.2 cm³/mol. The fraction of sp³-hybridized carbons (Fsp3) is 0.389. The van der Waals surface area contributed by atoms with E-state index in [9.17, 15) is 0 Å². The van der Waals surface area contributed by atoms with E-state index < -0.39 is 0 Å². The molecule has 4 nitrogen and oxygen atoms in total. The molecule has 0 bridgehead atoms. The van der Waals surface area contributed by atoms with Gasteiger partial charge in [0.1, 0.15) is 5.75 Å². The second-order valence-corrected chi connectivity index (χ2v) is 5.79. The summed E-state index contributed by atoms with van der Waals surface area (Å²) in [7, 11) is 1.70. The van der Waals surface area contributed by atoms with E-state index in [4.69, 9.17) is 4.74 Å². The molecule has 116 valence electrons. The highest BCUT2D eigenvalue weighted by atomic mass is 16.5. The van der Waals surface area contributed by atoms with Gasteiger partial charge in [-0.3, -0.25) is 9.88 Å². The molecule has 0 aliphatic carbocycles. The zero-order valence-corrected chi connectivity index (χ0v) is 13.0. The van der Waals surface area contributed by atoms with Crippen molar-refractivity contribution in [1.29, 1.82) is 0 Å². The van der Waals surface area contributed by atoms with E-state index in [0.29, 0.717) is 6.04 Å². The number of anilines is 1. The first kappa shape index (κ1) is 14.9. The monoisotopic (exact) mass is 297 g/mol. The molecule has 4 heteroatoms. The lowest BCUT2D eigenvalue weighted by Crippen LogP contribution is -2.38. The van der Waals surface area contributed by atoms with Crippen LogP contribution in [0.2, 0.25) is 0 Å². The number of nitrogens with zero attached hydrogens (tertiary/aromatic N) is 2. The zero-order valence-electron chi connectivity index (χ0n) is 13.0. The van der Waals surface area contributed by atoms with E-state index in [-0.39, 0.29) is 0 Å². The zero-order chi connectivity index (χ0) is 15.2. The average Bonchev–Trinajstić information content (AvgIpc) is 2.58. The van der Waals surface area contributed by atoms with Crippen LogP contribution in [0.1, 0.15) is 18.4 Å². The maximum absolute atomic E-state index is 5.27. The quantitative estimate of drug-likeness (QED) is 0.920. The molecule has 0 spiro atoms. The molecule has 2 aromatic rings. The largest absolute Gasteiger partial charge is 0.497 e. The van der Waals surface area contributed by atoms with Crippen LogP contribution in [0.15, 0.2) is 48.8 Å². The summed E-state index contributed by atoms with van der Waals surface area (Å²) in [4.78, 5) is 6.69. The Labute approximate surface area is 132 Å². The molecular weight excluding hydrogens is 274 g/mol. The number of nitrogens with one attached hydrogen (secondary N) is 1. The van der Waals surface area contributed by atoms with Crippen molar-refractivity contribution in [1.82, 2.24) is 9.88 Å². The Kier molecular flexibility index (Phi) is 4.91. The summed E-state index contributed by atoms with van der Waals surface area (Å²) >= 11 is 0. The highest BCUT2D eigenvalue weighted by Gasteiger charge is 2.19. The van der Waals surface area contributed by atoms with E-state index in [2.05, 4.69) is 33.4 Å². The van der Waals surface area contributed by atoms with Gasteiger partial charge in [-0.1, -0.05) is 12.1 Å². The average molecular weight is 297 g/mol. The van der Waals surface area contributed by atoms with Crippen molar-refractivity contribution in [2.45, 2.75) is 25.4 Å². The van der Waals surface area contributed by atoms with Gasteiger partial charge in [0.25, 0.3) is 0 Å². The summed E-state index contributed by atoms with van der Waals surface area (Å²) in [6.45, 7) is 3.24. The van der Waals surface area contributed by atoms with Gasteiger partial charge in [0.05, 0.1) is 7.11 Å². The molecule has 0 atom stereocenters. The lowest BCUT2D eigenvalue weighted by molar-refractivity contribution is 0.211. The molecule has 0 radical (unpaired) electrons. The van der Waals surface area contributed by atoms with Crippen molar-refractivity contribution < 1.29 is 4.74 Å². The van der Waals surface area contributed by atoms with Gasteiger partial charge < -0.3 is 10.1 Å². The number of benzene rings is 1. The fourth-order valence-electron chi connectivity index (χ4n) is 2.93. The minimum absolute atomic E-state index is 0.539. The normalized spacial score (nSPS) is 16.4. The number of hydrogen-bond acceptors (Lipinski definition) is 4. The van der Waals surface area contributed by atoms with Gasteiger partial charge in [-0.05, 0) is 36.6 Å². The molecule has 1 aromatic carbocycles. The van der Waals surface area contributed by atoms with E-state index in [1.807, 2.05) is 30.6 Å². The van der Waals surface area contributed by atoms with Gasteiger partial charge in [0.15, 0.2) is 0 Å². The van der Waals surface area contributed by atoms with E-state index >= 15 is 0 Å². The molecule has 0 unspecified atom stereocenters. The number of piperidine rings is 1. The Hall–Kier alpha value is -2.07. The predicted octanol–water partition coefficient (Wildman–Crippen LogP) is 3.17. The molecule has 0 amide bonds. The van der Waals surface area contributed by atoms with Crippen LogP contribution in [0.5, 0.6) is 5.75 Å². The molecule has 1 aromatic heterocycles. The Morgan fingerprint density at radius 1 is 1.23 bits per heavy atom. The van der Waals surface area contributed by atoms with Crippen LogP contribution in [-0.4, -0.2) is 36.1 Å². The van der Waals surface area contributed by atoms with Crippen molar-refractivity contribution in [3.05, 3.63) is 54.4 Å². The number of hydrogen-bond donors (Lipinski definition) is 1. The molecular formula is C18H23N3O. The summed E-state index contributed by atoms with van der Waals surface area (Å²) in [6.07, 6.45) is 6.11. The Morgan fingerprint density at radius 2 is 2.09 bits per heavy atom. The number of likely N-dealkylation sites (tertiary alicyclic amines) is 1. The van der Waals surface area contributed by atoms with Crippen molar-refractivity contribution in [3.63, 3.8) is 0 Å². The molecule has 3 rings (SSSR count). The first-order chi connectivity index (χ1) is 10.8. The second kappa shape index (κ2) is 7.27. The van der Waals surface area contributed by atoms with E-state index in [0.717, 1.165) is 43.9 Å². The maximum Gasteiger partial charge on any atom is 0.120 e. The van der Waals surface area contributed by atoms with Crippen LogP contribution in [0, 0.1) is 0 Å². The minimum atomic E-state index is 0.539.